The summed E-state index contributed by atoms with van der Waals surface area (Å²) in [5.74, 6) is -1.42. The number of hydrogen-bond donors (Lipinski definition) is 3. The van der Waals surface area contributed by atoms with Crippen LogP contribution in [0.15, 0.2) is 0 Å². The van der Waals surface area contributed by atoms with E-state index in [1.54, 1.807) is 0 Å². The summed E-state index contributed by atoms with van der Waals surface area (Å²) in [7, 11) is 0. The average molecular weight is 272 g/mol. The molecule has 0 aromatic carbocycles. The monoisotopic (exact) mass is 272 g/mol. The zero-order valence-electron chi connectivity index (χ0n) is 11.8. The fraction of sp³-hybridized carbons (Fsp3) is 0.846. The highest BCUT2D eigenvalue weighted by Gasteiger charge is 2.33. The summed E-state index contributed by atoms with van der Waals surface area (Å²) in [4.78, 5) is 25.0. The predicted molar refractivity (Wildman–Crippen MR) is 70.7 cm³/mol. The van der Waals surface area contributed by atoms with Gasteiger partial charge in [-0.1, -0.05) is 20.8 Å². The number of likely N-dealkylation sites (tertiary alicyclic amines) is 1. The van der Waals surface area contributed by atoms with Crippen molar-refractivity contribution in [1.29, 1.82) is 0 Å². The third-order valence-electron chi connectivity index (χ3n) is 3.31. The van der Waals surface area contributed by atoms with Gasteiger partial charge in [-0.05, 0) is 6.42 Å². The first-order valence-corrected chi connectivity index (χ1v) is 6.61. The Hall–Kier alpha value is -1.14. The Morgan fingerprint density at radius 2 is 1.95 bits per heavy atom. The summed E-state index contributed by atoms with van der Waals surface area (Å²) in [6.45, 7) is 6.92. The molecule has 1 rings (SSSR count). The number of aliphatic carboxylic acids is 1. The zero-order valence-corrected chi connectivity index (χ0v) is 11.8. The molecule has 1 heterocycles. The highest BCUT2D eigenvalue weighted by atomic mass is 16.4. The van der Waals surface area contributed by atoms with Crippen LogP contribution in [0, 0.1) is 11.3 Å². The highest BCUT2D eigenvalue weighted by molar-refractivity contribution is 5.81. The number of amides is 1. The molecule has 19 heavy (non-hydrogen) atoms. The van der Waals surface area contributed by atoms with E-state index in [0.717, 1.165) is 0 Å². The van der Waals surface area contributed by atoms with Gasteiger partial charge >= 0.3 is 5.97 Å². The standard InChI is InChI=1S/C13H24N2O4/c1-13(2,3)12(19)14-10-6-9(11(17)18)7-15(8-10)4-5-16/h9-10,16H,4-8H2,1-3H3,(H,14,19)(H,17,18). The summed E-state index contributed by atoms with van der Waals surface area (Å²) in [6, 6.07) is -0.173. The van der Waals surface area contributed by atoms with E-state index in [2.05, 4.69) is 5.32 Å². The van der Waals surface area contributed by atoms with Gasteiger partial charge in [0.25, 0.3) is 0 Å². The molecule has 2 atom stereocenters. The molecule has 0 radical (unpaired) electrons. The number of nitrogens with zero attached hydrogens (tertiary/aromatic N) is 1. The van der Waals surface area contributed by atoms with E-state index >= 15 is 0 Å². The van der Waals surface area contributed by atoms with Gasteiger partial charge in [0.15, 0.2) is 0 Å². The first-order chi connectivity index (χ1) is 8.74. The Labute approximate surface area is 113 Å². The lowest BCUT2D eigenvalue weighted by atomic mass is 9.91. The van der Waals surface area contributed by atoms with E-state index in [1.165, 1.54) is 0 Å². The van der Waals surface area contributed by atoms with Crippen molar-refractivity contribution < 1.29 is 19.8 Å². The highest BCUT2D eigenvalue weighted by Crippen LogP contribution is 2.19. The summed E-state index contributed by atoms with van der Waals surface area (Å²) in [6.07, 6.45) is 0.444. The molecule has 0 aromatic heterocycles. The van der Waals surface area contributed by atoms with Crippen molar-refractivity contribution in [3.8, 4) is 0 Å². The van der Waals surface area contributed by atoms with E-state index in [4.69, 9.17) is 10.2 Å². The molecule has 0 aliphatic carbocycles. The van der Waals surface area contributed by atoms with Crippen LogP contribution >= 0.6 is 0 Å². The van der Waals surface area contributed by atoms with Crippen LogP contribution in [-0.4, -0.2) is 59.3 Å². The topological polar surface area (TPSA) is 89.9 Å². The molecular weight excluding hydrogens is 248 g/mol. The van der Waals surface area contributed by atoms with E-state index in [0.29, 0.717) is 26.1 Å². The number of carboxylic acids is 1. The molecule has 0 bridgehead atoms. The minimum absolute atomic E-state index is 0.00766. The molecule has 2 unspecified atom stereocenters. The van der Waals surface area contributed by atoms with Gasteiger partial charge in [-0.3, -0.25) is 14.5 Å². The molecule has 3 N–H and O–H groups in total. The third kappa shape index (κ3) is 4.80. The van der Waals surface area contributed by atoms with E-state index in [1.807, 2.05) is 25.7 Å². The molecule has 1 saturated heterocycles. The number of nitrogens with one attached hydrogen (secondary N) is 1. The fourth-order valence-electron chi connectivity index (χ4n) is 2.20. The van der Waals surface area contributed by atoms with Gasteiger partial charge in [-0.2, -0.15) is 0 Å². The molecule has 0 saturated carbocycles. The second kappa shape index (κ2) is 6.34. The number of carbonyl (C=O) groups is 2. The van der Waals surface area contributed by atoms with Crippen molar-refractivity contribution in [3.63, 3.8) is 0 Å². The van der Waals surface area contributed by atoms with Crippen LogP contribution in [0.5, 0.6) is 0 Å². The van der Waals surface area contributed by atoms with Crippen molar-refractivity contribution in [2.75, 3.05) is 26.2 Å². The second-order valence-corrected chi connectivity index (χ2v) is 6.17. The summed E-state index contributed by atoms with van der Waals surface area (Å²) >= 11 is 0. The number of β-amino-alcohol motifs (C(OH)–C–C–N with tert-alkyl or cyclic N) is 1. The van der Waals surface area contributed by atoms with Crippen LogP contribution in [0.2, 0.25) is 0 Å². The Balaban J connectivity index is 2.66. The van der Waals surface area contributed by atoms with Crippen LogP contribution in [0.3, 0.4) is 0 Å². The number of piperidine rings is 1. The number of hydrogen-bond acceptors (Lipinski definition) is 4. The third-order valence-corrected chi connectivity index (χ3v) is 3.31. The van der Waals surface area contributed by atoms with Gasteiger partial charge in [0, 0.05) is 31.1 Å². The van der Waals surface area contributed by atoms with Gasteiger partial charge in [0.2, 0.25) is 5.91 Å². The fourth-order valence-corrected chi connectivity index (χ4v) is 2.20. The number of carboxylic acid groups (broad SMARTS) is 1. The van der Waals surface area contributed by atoms with Crippen LogP contribution in [0.25, 0.3) is 0 Å². The maximum atomic E-state index is 11.9. The molecular formula is C13H24N2O4. The molecule has 110 valence electrons. The van der Waals surface area contributed by atoms with E-state index < -0.39 is 17.3 Å². The molecule has 6 heteroatoms. The molecule has 6 nitrogen and oxygen atoms in total. The Morgan fingerprint density at radius 1 is 1.32 bits per heavy atom. The molecule has 1 amide bonds. The Morgan fingerprint density at radius 3 is 2.42 bits per heavy atom. The largest absolute Gasteiger partial charge is 0.481 e. The van der Waals surface area contributed by atoms with Crippen molar-refractivity contribution in [3.05, 3.63) is 0 Å². The zero-order chi connectivity index (χ0) is 14.6. The molecule has 1 fully saturated rings. The van der Waals surface area contributed by atoms with Gasteiger partial charge in [-0.15, -0.1) is 0 Å². The van der Waals surface area contributed by atoms with Gasteiger partial charge in [0.1, 0.15) is 0 Å². The maximum Gasteiger partial charge on any atom is 0.307 e. The van der Waals surface area contributed by atoms with Crippen LogP contribution < -0.4 is 5.32 Å². The van der Waals surface area contributed by atoms with Gasteiger partial charge < -0.3 is 15.5 Å². The van der Waals surface area contributed by atoms with Gasteiger partial charge in [-0.25, -0.2) is 0 Å². The smallest absolute Gasteiger partial charge is 0.307 e. The van der Waals surface area contributed by atoms with E-state index in [9.17, 15) is 9.59 Å². The number of aliphatic hydroxyl groups is 1. The minimum atomic E-state index is -0.849. The van der Waals surface area contributed by atoms with Gasteiger partial charge in [0.05, 0.1) is 12.5 Å². The predicted octanol–water partition coefficient (Wildman–Crippen LogP) is -0.0839. The van der Waals surface area contributed by atoms with Crippen molar-refractivity contribution in [1.82, 2.24) is 10.2 Å². The van der Waals surface area contributed by atoms with Crippen LogP contribution in [0.1, 0.15) is 27.2 Å². The number of aliphatic hydroxyl groups excluding tert-OH is 1. The lowest BCUT2D eigenvalue weighted by molar-refractivity contribution is -0.145. The molecule has 1 aliphatic heterocycles. The SMILES string of the molecule is CC(C)(C)C(=O)NC1CC(C(=O)O)CN(CCO)C1. The van der Waals surface area contributed by atoms with Crippen molar-refractivity contribution >= 4 is 11.9 Å². The first kappa shape index (κ1) is 15.9. The number of carbonyl (C=O) groups excluding carboxylic acids is 1. The Bertz CT molecular complexity index is 338. The summed E-state index contributed by atoms with van der Waals surface area (Å²) < 4.78 is 0. The maximum absolute atomic E-state index is 11.9. The van der Waals surface area contributed by atoms with Crippen LogP contribution in [0.4, 0.5) is 0 Å². The second-order valence-electron chi connectivity index (χ2n) is 6.17. The molecule has 1 aliphatic rings. The molecule has 0 spiro atoms. The molecule has 0 aromatic rings. The minimum Gasteiger partial charge on any atom is -0.481 e. The summed E-state index contributed by atoms with van der Waals surface area (Å²) in [5.41, 5.74) is -0.488. The lowest BCUT2D eigenvalue weighted by Gasteiger charge is -2.37. The average Bonchev–Trinajstić information content (AvgIpc) is 2.27. The van der Waals surface area contributed by atoms with Crippen LogP contribution in [-0.2, 0) is 9.59 Å². The lowest BCUT2D eigenvalue weighted by Crippen LogP contribution is -2.54. The van der Waals surface area contributed by atoms with E-state index in [-0.39, 0.29) is 18.6 Å². The number of rotatable bonds is 4. The Kier molecular flexibility index (Phi) is 5.31. The summed E-state index contributed by atoms with van der Waals surface area (Å²) in [5, 5.41) is 21.0. The normalized spacial score (nSPS) is 25.1. The first-order valence-electron chi connectivity index (χ1n) is 6.61. The van der Waals surface area contributed by atoms with Crippen molar-refractivity contribution in [2.45, 2.75) is 33.2 Å². The van der Waals surface area contributed by atoms with Crippen molar-refractivity contribution in [2.24, 2.45) is 11.3 Å². The quantitative estimate of drug-likeness (QED) is 0.666.